The van der Waals surface area contributed by atoms with Crippen LogP contribution in [0.3, 0.4) is 0 Å². The van der Waals surface area contributed by atoms with Crippen molar-refractivity contribution in [1.29, 1.82) is 0 Å². The third-order valence-corrected chi connectivity index (χ3v) is 6.28. The smallest absolute Gasteiger partial charge is 0.259 e. The van der Waals surface area contributed by atoms with E-state index in [1.54, 1.807) is 0 Å². The van der Waals surface area contributed by atoms with E-state index in [4.69, 9.17) is 4.74 Å². The second-order valence-corrected chi connectivity index (χ2v) is 8.27. The number of aryl methyl sites for hydroxylation is 1. The van der Waals surface area contributed by atoms with Crippen molar-refractivity contribution in [1.82, 2.24) is 14.8 Å². The highest BCUT2D eigenvalue weighted by atomic mass is 16.5. The summed E-state index contributed by atoms with van der Waals surface area (Å²) in [7, 11) is 0. The van der Waals surface area contributed by atoms with Gasteiger partial charge < -0.3 is 14.6 Å². The Morgan fingerprint density at radius 3 is 2.87 bits per heavy atom. The Morgan fingerprint density at radius 1 is 1.10 bits per heavy atom. The van der Waals surface area contributed by atoms with E-state index in [1.807, 2.05) is 49.4 Å². The Kier molecular flexibility index (Phi) is 4.77. The van der Waals surface area contributed by atoms with Crippen molar-refractivity contribution < 1.29 is 9.53 Å². The average molecular weight is 402 g/mol. The van der Waals surface area contributed by atoms with Crippen LogP contribution in [0.25, 0.3) is 11.4 Å². The molecule has 2 aliphatic rings. The first-order chi connectivity index (χ1) is 14.6. The monoisotopic (exact) mass is 402 g/mol. The van der Waals surface area contributed by atoms with Crippen LogP contribution in [-0.4, -0.2) is 26.8 Å². The van der Waals surface area contributed by atoms with E-state index >= 15 is 0 Å². The van der Waals surface area contributed by atoms with Gasteiger partial charge in [0.05, 0.1) is 5.56 Å². The molecule has 0 spiro atoms. The van der Waals surface area contributed by atoms with Crippen molar-refractivity contribution in [3.63, 3.8) is 0 Å². The first-order valence-corrected chi connectivity index (χ1v) is 10.8. The van der Waals surface area contributed by atoms with Crippen LogP contribution in [0.1, 0.15) is 60.8 Å². The molecule has 0 unspecified atom stereocenters. The second-order valence-electron chi connectivity index (χ2n) is 8.27. The standard InChI is InChI=1S/C24H26N4O2/c1-15-16(2)30-22-19(15)10-7-11-20(22)24(29)25-18-9-6-8-17(14-18)23-27-26-21-12-4-3-5-13-28(21)23/h6-11,14-16H,3-5,12-13H2,1-2H3,(H,25,29)/t15-,16-/m1/s1. The minimum absolute atomic E-state index is 0.0699. The van der Waals surface area contributed by atoms with E-state index in [9.17, 15) is 4.79 Å². The summed E-state index contributed by atoms with van der Waals surface area (Å²) in [5.74, 6) is 2.74. The highest BCUT2D eigenvalue weighted by Crippen LogP contribution is 2.40. The minimum atomic E-state index is -0.162. The molecule has 2 atom stereocenters. The fourth-order valence-electron chi connectivity index (χ4n) is 4.40. The number of ether oxygens (including phenoxy) is 1. The molecule has 30 heavy (non-hydrogen) atoms. The van der Waals surface area contributed by atoms with E-state index in [0.717, 1.165) is 54.3 Å². The number of rotatable bonds is 3. The van der Waals surface area contributed by atoms with Crippen molar-refractivity contribution in [2.45, 2.75) is 58.1 Å². The first kappa shape index (κ1) is 18.9. The zero-order chi connectivity index (χ0) is 20.7. The molecule has 3 aromatic rings. The zero-order valence-corrected chi connectivity index (χ0v) is 17.4. The van der Waals surface area contributed by atoms with E-state index < -0.39 is 0 Å². The summed E-state index contributed by atoms with van der Waals surface area (Å²) < 4.78 is 8.20. The van der Waals surface area contributed by atoms with Crippen LogP contribution in [0, 0.1) is 0 Å². The van der Waals surface area contributed by atoms with E-state index in [1.165, 1.54) is 6.42 Å². The lowest BCUT2D eigenvalue weighted by Gasteiger charge is -2.11. The minimum Gasteiger partial charge on any atom is -0.489 e. The Morgan fingerprint density at radius 2 is 1.97 bits per heavy atom. The average Bonchev–Trinajstić information content (AvgIpc) is 3.19. The maximum Gasteiger partial charge on any atom is 0.259 e. The fraction of sp³-hybridized carbons (Fsp3) is 0.375. The molecule has 0 aliphatic carbocycles. The van der Waals surface area contributed by atoms with Gasteiger partial charge in [-0.05, 0) is 38.0 Å². The molecule has 1 amide bonds. The lowest BCUT2D eigenvalue weighted by molar-refractivity contribution is 0.102. The number of hydrogen-bond acceptors (Lipinski definition) is 4. The highest BCUT2D eigenvalue weighted by molar-refractivity contribution is 6.06. The molecule has 1 N–H and O–H groups in total. The van der Waals surface area contributed by atoms with Gasteiger partial charge in [-0.3, -0.25) is 4.79 Å². The molecule has 0 fully saturated rings. The van der Waals surface area contributed by atoms with Gasteiger partial charge in [0.2, 0.25) is 0 Å². The van der Waals surface area contributed by atoms with Crippen molar-refractivity contribution in [3.05, 3.63) is 59.4 Å². The lowest BCUT2D eigenvalue weighted by atomic mass is 9.97. The molecule has 2 aromatic carbocycles. The van der Waals surface area contributed by atoms with Crippen LogP contribution >= 0.6 is 0 Å². The van der Waals surface area contributed by atoms with Crippen LogP contribution in [0.4, 0.5) is 5.69 Å². The fourth-order valence-corrected chi connectivity index (χ4v) is 4.40. The number of fused-ring (bicyclic) bond motifs is 2. The summed E-state index contributed by atoms with van der Waals surface area (Å²) in [5, 5.41) is 11.9. The van der Waals surface area contributed by atoms with Gasteiger partial charge in [-0.1, -0.05) is 37.6 Å². The van der Waals surface area contributed by atoms with E-state index in [2.05, 4.69) is 27.0 Å². The molecule has 1 aromatic heterocycles. The SMILES string of the molecule is C[C@H]1Oc2c(C(=O)Nc3cccc(-c4nnc5n4CCCCC5)c3)cccc2[C@@H]1C. The third kappa shape index (κ3) is 3.26. The molecule has 154 valence electrons. The Bertz CT molecular complexity index is 1100. The number of benzene rings is 2. The van der Waals surface area contributed by atoms with Crippen LogP contribution in [0.2, 0.25) is 0 Å². The topological polar surface area (TPSA) is 69.0 Å². The summed E-state index contributed by atoms with van der Waals surface area (Å²) in [6.07, 6.45) is 4.57. The normalized spacial score (nSPS) is 20.1. The number of amides is 1. The Hall–Kier alpha value is -3.15. The number of carbonyl (C=O) groups is 1. The van der Waals surface area contributed by atoms with Crippen LogP contribution < -0.4 is 10.1 Å². The molecule has 0 radical (unpaired) electrons. The third-order valence-electron chi connectivity index (χ3n) is 6.28. The predicted molar refractivity (Wildman–Crippen MR) is 116 cm³/mol. The summed E-state index contributed by atoms with van der Waals surface area (Å²) >= 11 is 0. The predicted octanol–water partition coefficient (Wildman–Crippen LogP) is 4.81. The molecule has 2 aliphatic heterocycles. The van der Waals surface area contributed by atoms with Crippen molar-refractivity contribution >= 4 is 11.6 Å². The molecular formula is C24H26N4O2. The number of aromatic nitrogens is 3. The summed E-state index contributed by atoms with van der Waals surface area (Å²) in [6.45, 7) is 5.11. The van der Waals surface area contributed by atoms with Gasteiger partial charge in [-0.2, -0.15) is 0 Å². The highest BCUT2D eigenvalue weighted by Gasteiger charge is 2.31. The van der Waals surface area contributed by atoms with Gasteiger partial charge in [-0.15, -0.1) is 10.2 Å². The van der Waals surface area contributed by atoms with Gasteiger partial charge in [0.15, 0.2) is 5.82 Å². The summed E-state index contributed by atoms with van der Waals surface area (Å²) in [5.41, 5.74) is 3.37. The largest absolute Gasteiger partial charge is 0.489 e. The van der Waals surface area contributed by atoms with Gasteiger partial charge in [0.1, 0.15) is 17.7 Å². The number of nitrogens with one attached hydrogen (secondary N) is 1. The number of anilines is 1. The molecule has 0 saturated heterocycles. The van der Waals surface area contributed by atoms with Crippen molar-refractivity contribution in [3.8, 4) is 17.1 Å². The van der Waals surface area contributed by atoms with Gasteiger partial charge in [-0.25, -0.2) is 0 Å². The van der Waals surface area contributed by atoms with Gasteiger partial charge >= 0.3 is 0 Å². The first-order valence-electron chi connectivity index (χ1n) is 10.8. The maximum absolute atomic E-state index is 13.0. The van der Waals surface area contributed by atoms with Gasteiger partial charge in [0.25, 0.3) is 5.91 Å². The molecular weight excluding hydrogens is 376 g/mol. The van der Waals surface area contributed by atoms with E-state index in [-0.39, 0.29) is 17.9 Å². The number of nitrogens with zero attached hydrogens (tertiary/aromatic N) is 3. The Balaban J connectivity index is 1.42. The molecule has 5 rings (SSSR count). The molecule has 0 bridgehead atoms. The molecule has 3 heterocycles. The summed E-state index contributed by atoms with van der Waals surface area (Å²) in [4.78, 5) is 13.0. The summed E-state index contributed by atoms with van der Waals surface area (Å²) in [6, 6.07) is 13.6. The maximum atomic E-state index is 13.0. The second kappa shape index (κ2) is 7.59. The van der Waals surface area contributed by atoms with Gasteiger partial charge in [0, 0.05) is 35.7 Å². The quantitative estimate of drug-likeness (QED) is 0.683. The van der Waals surface area contributed by atoms with Crippen molar-refractivity contribution in [2.24, 2.45) is 0 Å². The number of hydrogen-bond donors (Lipinski definition) is 1. The molecule has 6 heteroatoms. The number of para-hydroxylation sites is 1. The van der Waals surface area contributed by atoms with Crippen molar-refractivity contribution in [2.75, 3.05) is 5.32 Å². The van der Waals surface area contributed by atoms with E-state index in [0.29, 0.717) is 11.3 Å². The molecule has 0 saturated carbocycles. The van der Waals surface area contributed by atoms with Crippen LogP contribution in [0.5, 0.6) is 5.75 Å². The lowest BCUT2D eigenvalue weighted by Crippen LogP contribution is -2.14. The Labute approximate surface area is 176 Å². The van der Waals surface area contributed by atoms with Crippen LogP contribution in [0.15, 0.2) is 42.5 Å². The zero-order valence-electron chi connectivity index (χ0n) is 17.4. The number of carbonyl (C=O) groups excluding carboxylic acids is 1. The molecule has 6 nitrogen and oxygen atoms in total. The van der Waals surface area contributed by atoms with Crippen LogP contribution in [-0.2, 0) is 13.0 Å².